The number of unbranched alkanes of at least 4 members (excludes halogenated alkanes) is 3. The quantitative estimate of drug-likeness (QED) is 0.270. The molecule has 1 aromatic heterocycles. The van der Waals surface area contributed by atoms with E-state index in [-0.39, 0.29) is 0 Å². The molecule has 0 aliphatic heterocycles. The molecular formula is C16H28N4O2S2. The van der Waals surface area contributed by atoms with E-state index in [1.165, 1.54) is 11.3 Å². The molecule has 0 aliphatic carbocycles. The van der Waals surface area contributed by atoms with Crippen molar-refractivity contribution in [2.24, 2.45) is 4.99 Å². The third-order valence-electron chi connectivity index (χ3n) is 3.44. The first-order valence-electron chi connectivity index (χ1n) is 8.07. The third kappa shape index (κ3) is 7.46. The van der Waals surface area contributed by atoms with Crippen LogP contribution in [0.25, 0.3) is 0 Å². The van der Waals surface area contributed by atoms with Crippen molar-refractivity contribution < 1.29 is 8.42 Å². The van der Waals surface area contributed by atoms with Gasteiger partial charge in [0.25, 0.3) is 0 Å². The van der Waals surface area contributed by atoms with Crippen LogP contribution in [-0.4, -0.2) is 53.0 Å². The monoisotopic (exact) mass is 372 g/mol. The Morgan fingerprint density at radius 2 is 2.17 bits per heavy atom. The predicted octanol–water partition coefficient (Wildman–Crippen LogP) is 2.28. The second-order valence-corrected chi connectivity index (χ2v) is 8.30. The van der Waals surface area contributed by atoms with Gasteiger partial charge in [0.2, 0.25) is 10.0 Å². The van der Waals surface area contributed by atoms with Gasteiger partial charge in [-0.05, 0) is 30.7 Å². The van der Waals surface area contributed by atoms with Crippen LogP contribution in [0.5, 0.6) is 0 Å². The summed E-state index contributed by atoms with van der Waals surface area (Å²) in [6.07, 6.45) is 6.42. The Balaban J connectivity index is 2.27. The van der Waals surface area contributed by atoms with Gasteiger partial charge in [-0.15, -0.1) is 17.9 Å². The van der Waals surface area contributed by atoms with Crippen LogP contribution < -0.4 is 10.0 Å². The maximum atomic E-state index is 12.0. The van der Waals surface area contributed by atoms with E-state index in [2.05, 4.69) is 26.5 Å². The topological polar surface area (TPSA) is 73.8 Å². The van der Waals surface area contributed by atoms with Gasteiger partial charge in [0, 0.05) is 33.7 Å². The minimum atomic E-state index is -3.40. The van der Waals surface area contributed by atoms with Gasteiger partial charge in [0.1, 0.15) is 4.21 Å². The highest BCUT2D eigenvalue weighted by atomic mass is 32.2. The van der Waals surface area contributed by atoms with E-state index in [9.17, 15) is 8.42 Å². The molecule has 0 aliphatic rings. The first-order valence-corrected chi connectivity index (χ1v) is 10.4. The van der Waals surface area contributed by atoms with Gasteiger partial charge in [0.15, 0.2) is 5.96 Å². The minimum Gasteiger partial charge on any atom is -0.355 e. The largest absolute Gasteiger partial charge is 0.355 e. The standard InChI is InChI=1S/C16H28N4O2S2/c1-4-5-6-7-8-13-20(3)16(17-2)18-11-12-19-24(21,22)15-10-9-14-23-15/h4,9-10,14,19H,1,5-8,11-13H2,2-3H3,(H,17,18). The zero-order chi connectivity index (χ0) is 17.8. The Morgan fingerprint density at radius 1 is 1.38 bits per heavy atom. The molecule has 8 heteroatoms. The lowest BCUT2D eigenvalue weighted by Gasteiger charge is -2.22. The molecule has 0 fully saturated rings. The normalized spacial score (nSPS) is 12.2. The summed E-state index contributed by atoms with van der Waals surface area (Å²) in [4.78, 5) is 6.28. The number of rotatable bonds is 11. The van der Waals surface area contributed by atoms with Crippen LogP contribution in [-0.2, 0) is 10.0 Å². The van der Waals surface area contributed by atoms with E-state index in [1.54, 1.807) is 24.6 Å². The molecule has 6 nitrogen and oxygen atoms in total. The van der Waals surface area contributed by atoms with E-state index in [0.717, 1.165) is 38.2 Å². The number of hydrogen-bond acceptors (Lipinski definition) is 4. The molecule has 2 N–H and O–H groups in total. The summed E-state index contributed by atoms with van der Waals surface area (Å²) in [7, 11) is 0.315. The number of nitrogens with one attached hydrogen (secondary N) is 2. The molecule has 136 valence electrons. The Morgan fingerprint density at radius 3 is 2.79 bits per heavy atom. The fourth-order valence-electron chi connectivity index (χ4n) is 2.15. The number of nitrogens with zero attached hydrogens (tertiary/aromatic N) is 2. The average Bonchev–Trinajstić information content (AvgIpc) is 3.10. The van der Waals surface area contributed by atoms with E-state index in [4.69, 9.17) is 0 Å². The van der Waals surface area contributed by atoms with Crippen molar-refractivity contribution in [2.75, 3.05) is 33.7 Å². The average molecular weight is 373 g/mol. The molecule has 0 amide bonds. The van der Waals surface area contributed by atoms with Crippen molar-refractivity contribution in [1.82, 2.24) is 14.9 Å². The number of sulfonamides is 1. The van der Waals surface area contributed by atoms with Gasteiger partial charge < -0.3 is 10.2 Å². The molecule has 0 radical (unpaired) electrons. The van der Waals surface area contributed by atoms with E-state index >= 15 is 0 Å². The Hall–Kier alpha value is -1.38. The van der Waals surface area contributed by atoms with Gasteiger partial charge in [-0.1, -0.05) is 18.6 Å². The van der Waals surface area contributed by atoms with Crippen LogP contribution in [0, 0.1) is 0 Å². The van der Waals surface area contributed by atoms with Gasteiger partial charge in [-0.25, -0.2) is 13.1 Å². The molecular weight excluding hydrogens is 344 g/mol. The highest BCUT2D eigenvalue weighted by molar-refractivity contribution is 7.91. The van der Waals surface area contributed by atoms with Crippen molar-refractivity contribution in [3.63, 3.8) is 0 Å². The van der Waals surface area contributed by atoms with Crippen LogP contribution in [0.1, 0.15) is 25.7 Å². The van der Waals surface area contributed by atoms with Gasteiger partial charge in [0.05, 0.1) is 0 Å². The SMILES string of the molecule is C=CCCCCCN(C)C(=NC)NCCNS(=O)(=O)c1cccs1. The van der Waals surface area contributed by atoms with Crippen LogP contribution >= 0.6 is 11.3 Å². The van der Waals surface area contributed by atoms with Crippen LogP contribution in [0.2, 0.25) is 0 Å². The maximum absolute atomic E-state index is 12.0. The lowest BCUT2D eigenvalue weighted by Crippen LogP contribution is -2.42. The first kappa shape index (κ1) is 20.7. The second-order valence-electron chi connectivity index (χ2n) is 5.36. The zero-order valence-corrected chi connectivity index (χ0v) is 16.1. The molecule has 0 saturated carbocycles. The van der Waals surface area contributed by atoms with Gasteiger partial charge >= 0.3 is 0 Å². The molecule has 24 heavy (non-hydrogen) atoms. The number of thiophene rings is 1. The number of hydrogen-bond donors (Lipinski definition) is 2. The van der Waals surface area contributed by atoms with Gasteiger partial charge in [-0.2, -0.15) is 0 Å². The van der Waals surface area contributed by atoms with Crippen molar-refractivity contribution in [3.05, 3.63) is 30.2 Å². The number of allylic oxidation sites excluding steroid dienone is 1. The summed E-state index contributed by atoms with van der Waals surface area (Å²) in [5, 5.41) is 4.92. The summed E-state index contributed by atoms with van der Waals surface area (Å²) < 4.78 is 26.9. The summed E-state index contributed by atoms with van der Waals surface area (Å²) >= 11 is 1.21. The summed E-state index contributed by atoms with van der Waals surface area (Å²) in [5.74, 6) is 0.772. The minimum absolute atomic E-state index is 0.312. The summed E-state index contributed by atoms with van der Waals surface area (Å²) in [6.45, 7) is 5.43. The molecule has 1 rings (SSSR count). The second kappa shape index (κ2) is 11.2. The molecule has 0 unspecified atom stereocenters. The lowest BCUT2D eigenvalue weighted by atomic mass is 10.2. The molecule has 1 aromatic rings. The number of guanidine groups is 1. The van der Waals surface area contributed by atoms with E-state index in [0.29, 0.717) is 17.3 Å². The van der Waals surface area contributed by atoms with E-state index < -0.39 is 10.0 Å². The zero-order valence-electron chi connectivity index (χ0n) is 14.5. The molecule has 0 saturated heterocycles. The fraction of sp³-hybridized carbons (Fsp3) is 0.562. The van der Waals surface area contributed by atoms with Crippen molar-refractivity contribution in [1.29, 1.82) is 0 Å². The third-order valence-corrected chi connectivity index (χ3v) is 6.29. The smallest absolute Gasteiger partial charge is 0.250 e. The van der Waals surface area contributed by atoms with Crippen LogP contribution in [0.3, 0.4) is 0 Å². The highest BCUT2D eigenvalue weighted by Gasteiger charge is 2.14. The Kier molecular flexibility index (Phi) is 9.66. The summed E-state index contributed by atoms with van der Waals surface area (Å²) in [6, 6.07) is 3.32. The molecule has 0 aromatic carbocycles. The predicted molar refractivity (Wildman–Crippen MR) is 102 cm³/mol. The van der Waals surface area contributed by atoms with Gasteiger partial charge in [-0.3, -0.25) is 4.99 Å². The summed E-state index contributed by atoms with van der Waals surface area (Å²) in [5.41, 5.74) is 0. The Labute approximate surface area is 149 Å². The van der Waals surface area contributed by atoms with Crippen molar-refractivity contribution in [3.8, 4) is 0 Å². The lowest BCUT2D eigenvalue weighted by molar-refractivity contribution is 0.455. The molecule has 0 atom stereocenters. The highest BCUT2D eigenvalue weighted by Crippen LogP contribution is 2.14. The molecule has 0 bridgehead atoms. The molecule has 0 spiro atoms. The number of aliphatic imine (C=N–C) groups is 1. The fourth-order valence-corrected chi connectivity index (χ4v) is 4.22. The Bertz CT molecular complexity index is 598. The first-order chi connectivity index (χ1) is 11.5. The van der Waals surface area contributed by atoms with Crippen molar-refractivity contribution in [2.45, 2.75) is 29.9 Å². The van der Waals surface area contributed by atoms with Crippen molar-refractivity contribution >= 4 is 27.3 Å². The molecule has 1 heterocycles. The maximum Gasteiger partial charge on any atom is 0.250 e. The van der Waals surface area contributed by atoms with Crippen LogP contribution in [0.4, 0.5) is 0 Å². The van der Waals surface area contributed by atoms with E-state index in [1.807, 2.05) is 13.1 Å². The van der Waals surface area contributed by atoms with Crippen LogP contribution in [0.15, 0.2) is 39.4 Å².